The van der Waals surface area contributed by atoms with E-state index in [1.807, 2.05) is 30.3 Å². The number of carbonyl (C=O) groups excluding carboxylic acids is 1. The molecule has 0 radical (unpaired) electrons. The van der Waals surface area contributed by atoms with Crippen molar-refractivity contribution in [2.75, 3.05) is 6.61 Å². The Morgan fingerprint density at radius 3 is 2.30 bits per heavy atom. The van der Waals surface area contributed by atoms with E-state index in [0.29, 0.717) is 6.61 Å². The van der Waals surface area contributed by atoms with Crippen LogP contribution in [0.3, 0.4) is 0 Å². The van der Waals surface area contributed by atoms with Crippen molar-refractivity contribution >= 4 is 20.2 Å². The normalized spacial score (nSPS) is 37.3. The maximum atomic E-state index is 13.0. The Hall–Kier alpha value is -1.54. The lowest BCUT2D eigenvalue weighted by atomic mass is 9.82. The number of carbonyl (C=O) groups is 1. The highest BCUT2D eigenvalue weighted by atomic mass is 28.4. The number of benzene rings is 1. The summed E-state index contributed by atoms with van der Waals surface area (Å²) in [5, 5.41) is -0.285. The van der Waals surface area contributed by atoms with E-state index in [4.69, 9.17) is 23.3 Å². The molecule has 0 aromatic heterocycles. The van der Waals surface area contributed by atoms with Crippen molar-refractivity contribution in [1.29, 1.82) is 0 Å². The monoisotopic (exact) mass is 429 g/mol. The van der Waals surface area contributed by atoms with Crippen molar-refractivity contribution in [2.45, 2.75) is 76.2 Å². The standard InChI is InChI=1S/C23H31NO5Si/c1-22(2,3)30(23(4,5)6)26-12-14-18(29-30)19-16-15(21(25)28-19)17(24-20(16)27-14)13-10-8-7-9-11-13/h7-11,14-16,18-20H,12H2,1-6H3. The van der Waals surface area contributed by atoms with Crippen molar-refractivity contribution < 1.29 is 23.1 Å². The van der Waals surface area contributed by atoms with Gasteiger partial charge in [-0.05, 0) is 5.56 Å². The molecule has 0 N–H and O–H groups in total. The maximum Gasteiger partial charge on any atom is 0.349 e. The van der Waals surface area contributed by atoms with Crippen LogP contribution in [-0.2, 0) is 23.1 Å². The highest BCUT2D eigenvalue weighted by Gasteiger charge is 2.68. The smallest absolute Gasteiger partial charge is 0.349 e. The summed E-state index contributed by atoms with van der Waals surface area (Å²) >= 11 is 0. The van der Waals surface area contributed by atoms with Crippen molar-refractivity contribution in [3.8, 4) is 0 Å². The summed E-state index contributed by atoms with van der Waals surface area (Å²) in [4.78, 5) is 17.8. The second-order valence-electron chi connectivity index (χ2n) is 10.9. The molecule has 4 heterocycles. The van der Waals surface area contributed by atoms with Gasteiger partial charge in [-0.2, -0.15) is 0 Å². The first-order valence-electron chi connectivity index (χ1n) is 10.8. The van der Waals surface area contributed by atoms with Crippen LogP contribution in [0.1, 0.15) is 47.1 Å². The summed E-state index contributed by atoms with van der Waals surface area (Å²) in [7, 11) is -2.69. The number of hydrogen-bond donors (Lipinski definition) is 0. The molecular formula is C23H31NO5Si. The average molecular weight is 430 g/mol. The number of ether oxygens (including phenoxy) is 2. The Labute approximate surface area is 179 Å². The Kier molecular flexibility index (Phi) is 4.40. The molecule has 162 valence electrons. The fourth-order valence-corrected chi connectivity index (χ4v) is 10.9. The molecule has 0 spiro atoms. The summed E-state index contributed by atoms with van der Waals surface area (Å²) in [5.74, 6) is -0.748. The van der Waals surface area contributed by atoms with Crippen molar-refractivity contribution in [3.05, 3.63) is 35.9 Å². The van der Waals surface area contributed by atoms with Crippen LogP contribution in [0.25, 0.3) is 0 Å². The lowest BCUT2D eigenvalue weighted by molar-refractivity contribution is -0.214. The van der Waals surface area contributed by atoms with Crippen LogP contribution in [0.4, 0.5) is 0 Å². The molecule has 3 fully saturated rings. The number of aliphatic imine (C=N–C) groups is 1. The van der Waals surface area contributed by atoms with Gasteiger partial charge in [-0.1, -0.05) is 71.9 Å². The van der Waals surface area contributed by atoms with Crippen LogP contribution in [0, 0.1) is 11.8 Å². The van der Waals surface area contributed by atoms with Crippen LogP contribution < -0.4 is 0 Å². The third-order valence-corrected chi connectivity index (χ3v) is 12.1. The highest BCUT2D eigenvalue weighted by molar-refractivity contribution is 6.73. The van der Waals surface area contributed by atoms with Crippen molar-refractivity contribution in [1.82, 2.24) is 0 Å². The number of fused-ring (bicyclic) bond motifs is 2. The van der Waals surface area contributed by atoms with Gasteiger partial charge in [0.15, 0.2) is 6.23 Å². The molecule has 0 saturated carbocycles. The molecule has 7 heteroatoms. The van der Waals surface area contributed by atoms with Crippen molar-refractivity contribution in [3.63, 3.8) is 0 Å². The molecule has 0 bridgehead atoms. The van der Waals surface area contributed by atoms with Gasteiger partial charge in [0.25, 0.3) is 0 Å². The third-order valence-electron chi connectivity index (χ3n) is 6.96. The van der Waals surface area contributed by atoms with E-state index in [2.05, 4.69) is 41.5 Å². The molecule has 0 aliphatic carbocycles. The molecule has 30 heavy (non-hydrogen) atoms. The average Bonchev–Trinajstić information content (AvgIpc) is 3.22. The molecular weight excluding hydrogens is 398 g/mol. The van der Waals surface area contributed by atoms with Gasteiger partial charge in [0.1, 0.15) is 24.2 Å². The van der Waals surface area contributed by atoms with Gasteiger partial charge >= 0.3 is 14.5 Å². The van der Waals surface area contributed by atoms with E-state index in [9.17, 15) is 4.79 Å². The van der Waals surface area contributed by atoms with E-state index in [-0.39, 0.29) is 40.3 Å². The lowest BCUT2D eigenvalue weighted by Crippen LogP contribution is -2.69. The summed E-state index contributed by atoms with van der Waals surface area (Å²) in [6.07, 6.45) is -1.35. The zero-order valence-corrected chi connectivity index (χ0v) is 19.5. The van der Waals surface area contributed by atoms with Gasteiger partial charge in [0.2, 0.25) is 0 Å². The summed E-state index contributed by atoms with van der Waals surface area (Å²) < 4.78 is 25.8. The van der Waals surface area contributed by atoms with Crippen LogP contribution >= 0.6 is 0 Å². The minimum Gasteiger partial charge on any atom is -0.459 e. The second-order valence-corrected chi connectivity index (χ2v) is 15.7. The van der Waals surface area contributed by atoms with E-state index < -0.39 is 20.7 Å². The predicted molar refractivity (Wildman–Crippen MR) is 115 cm³/mol. The molecule has 3 saturated heterocycles. The first-order chi connectivity index (χ1) is 14.0. The van der Waals surface area contributed by atoms with Crippen molar-refractivity contribution in [2.24, 2.45) is 16.8 Å². The van der Waals surface area contributed by atoms with Gasteiger partial charge in [-0.3, -0.25) is 9.79 Å². The topological polar surface area (TPSA) is 66.4 Å². The fraction of sp³-hybridized carbons (Fsp3) is 0.652. The molecule has 5 rings (SSSR count). The fourth-order valence-electron chi connectivity index (χ4n) is 5.91. The van der Waals surface area contributed by atoms with E-state index in [1.165, 1.54) is 0 Å². The lowest BCUT2D eigenvalue weighted by Gasteiger charge is -2.56. The molecule has 1 aromatic rings. The number of rotatable bonds is 1. The summed E-state index contributed by atoms with van der Waals surface area (Å²) in [5.41, 5.74) is 1.72. The summed E-state index contributed by atoms with van der Waals surface area (Å²) in [6.45, 7) is 13.6. The summed E-state index contributed by atoms with van der Waals surface area (Å²) in [6, 6.07) is 9.85. The molecule has 6 unspecified atom stereocenters. The number of hydrogen-bond acceptors (Lipinski definition) is 6. The van der Waals surface area contributed by atoms with Gasteiger partial charge in [0, 0.05) is 10.1 Å². The van der Waals surface area contributed by atoms with Crippen LogP contribution in [0.5, 0.6) is 0 Å². The molecule has 6 nitrogen and oxygen atoms in total. The third kappa shape index (κ3) is 2.72. The maximum absolute atomic E-state index is 13.0. The zero-order chi connectivity index (χ0) is 21.5. The first-order valence-corrected chi connectivity index (χ1v) is 12.7. The Balaban J connectivity index is 1.51. The van der Waals surface area contributed by atoms with Crippen LogP contribution in [0.2, 0.25) is 10.1 Å². The second kappa shape index (κ2) is 6.48. The quantitative estimate of drug-likeness (QED) is 0.501. The zero-order valence-electron chi connectivity index (χ0n) is 18.5. The Morgan fingerprint density at radius 1 is 1.00 bits per heavy atom. The first kappa shape index (κ1) is 20.4. The van der Waals surface area contributed by atoms with Gasteiger partial charge < -0.3 is 18.3 Å². The van der Waals surface area contributed by atoms with E-state index >= 15 is 0 Å². The number of esters is 1. The van der Waals surface area contributed by atoms with E-state index in [1.54, 1.807) is 0 Å². The Bertz CT molecular complexity index is 873. The minimum absolute atomic E-state index is 0.140. The van der Waals surface area contributed by atoms with E-state index in [0.717, 1.165) is 11.3 Å². The van der Waals surface area contributed by atoms with Gasteiger partial charge in [0.05, 0.1) is 18.2 Å². The SMILES string of the molecule is CC(C)(C)[Si]1(C(C)(C)C)OCC2OC3N=C(c4ccccc4)C4C(=O)OC(C2O1)C34. The highest BCUT2D eigenvalue weighted by Crippen LogP contribution is 2.57. The van der Waals surface area contributed by atoms with Gasteiger partial charge in [-0.15, -0.1) is 0 Å². The minimum atomic E-state index is -2.69. The van der Waals surface area contributed by atoms with Gasteiger partial charge in [-0.25, -0.2) is 0 Å². The molecule has 4 aliphatic heterocycles. The van der Waals surface area contributed by atoms with Crippen LogP contribution in [-0.4, -0.2) is 51.4 Å². The Morgan fingerprint density at radius 2 is 1.67 bits per heavy atom. The predicted octanol–water partition coefficient (Wildman–Crippen LogP) is 3.83. The largest absolute Gasteiger partial charge is 0.459 e. The molecule has 1 aromatic carbocycles. The molecule has 6 atom stereocenters. The molecule has 0 amide bonds. The molecule has 4 aliphatic rings. The number of nitrogens with zero attached hydrogens (tertiary/aromatic N) is 1. The van der Waals surface area contributed by atoms with Crippen LogP contribution in [0.15, 0.2) is 35.3 Å².